The molecule has 14 rings (SSSR count). The highest BCUT2D eigenvalue weighted by atomic mass is 15.2. The van der Waals surface area contributed by atoms with Crippen molar-refractivity contribution in [1.82, 2.24) is 4.57 Å². The third kappa shape index (κ3) is 9.17. The van der Waals surface area contributed by atoms with Crippen molar-refractivity contribution in [3.8, 4) is 50.2 Å². The molecule has 0 saturated carbocycles. The molecule has 0 spiro atoms. The predicted octanol–water partition coefficient (Wildman–Crippen LogP) is 21.9. The van der Waals surface area contributed by atoms with Gasteiger partial charge < -0.3 is 14.4 Å². The van der Waals surface area contributed by atoms with Crippen LogP contribution in [0.3, 0.4) is 0 Å². The largest absolute Gasteiger partial charge is 0.314 e. The molecule has 1 aliphatic rings. The van der Waals surface area contributed by atoms with Gasteiger partial charge in [0.2, 0.25) is 0 Å². The van der Waals surface area contributed by atoms with Crippen molar-refractivity contribution in [3.05, 3.63) is 301 Å². The summed E-state index contributed by atoms with van der Waals surface area (Å²) in [5.41, 5.74) is 25.2. The summed E-state index contributed by atoms with van der Waals surface area (Å²) in [7, 11) is 0. The zero-order valence-corrected chi connectivity index (χ0v) is 46.2. The zero-order chi connectivity index (χ0) is 54.6. The van der Waals surface area contributed by atoms with E-state index in [-0.39, 0.29) is 0 Å². The molecule has 0 unspecified atom stereocenters. The van der Waals surface area contributed by atoms with Gasteiger partial charge in [-0.25, -0.2) is 0 Å². The van der Waals surface area contributed by atoms with E-state index in [1.54, 1.807) is 0 Å². The van der Waals surface area contributed by atoms with E-state index in [4.69, 9.17) is 0 Å². The Bertz CT molecular complexity index is 4490. The van der Waals surface area contributed by atoms with Crippen LogP contribution in [-0.4, -0.2) is 4.57 Å². The number of fused-ring (bicyclic) bond motifs is 5. The number of benzene rings is 12. The van der Waals surface area contributed by atoms with Crippen molar-refractivity contribution < 1.29 is 0 Å². The quantitative estimate of drug-likeness (QED) is 0.120. The lowest BCUT2D eigenvalue weighted by molar-refractivity contribution is 0.904. The Balaban J connectivity index is 0.891. The molecule has 0 aliphatic heterocycles. The molecule has 0 N–H and O–H groups in total. The van der Waals surface area contributed by atoms with Gasteiger partial charge in [0.15, 0.2) is 0 Å². The van der Waals surface area contributed by atoms with E-state index in [2.05, 4.69) is 315 Å². The zero-order valence-electron chi connectivity index (χ0n) is 46.2. The molecule has 0 atom stereocenters. The maximum Gasteiger partial charge on any atom is 0.0541 e. The van der Waals surface area contributed by atoms with Crippen LogP contribution in [0.15, 0.2) is 284 Å². The van der Waals surface area contributed by atoms with Gasteiger partial charge in [0.05, 0.1) is 11.0 Å². The van der Waals surface area contributed by atoms with Gasteiger partial charge in [0, 0.05) is 50.6 Å². The van der Waals surface area contributed by atoms with Crippen molar-refractivity contribution in [2.24, 2.45) is 0 Å². The number of rotatable bonds is 11. The summed E-state index contributed by atoms with van der Waals surface area (Å²) in [6, 6.07) is 96.7. The van der Waals surface area contributed by atoms with Gasteiger partial charge in [0.1, 0.15) is 0 Å². The Kier molecular flexibility index (Phi) is 12.6. The summed E-state index contributed by atoms with van der Waals surface area (Å²) in [6.45, 7) is 8.70. The molecule has 0 radical (unpaired) electrons. The second-order valence-corrected chi connectivity index (χ2v) is 22.0. The minimum Gasteiger partial charge on any atom is -0.314 e. The lowest BCUT2D eigenvalue weighted by atomic mass is 9.86. The lowest BCUT2D eigenvalue weighted by Crippen LogP contribution is -2.18. The fourth-order valence-corrected chi connectivity index (χ4v) is 12.6. The van der Waals surface area contributed by atoms with Gasteiger partial charge in [-0.1, -0.05) is 175 Å². The summed E-state index contributed by atoms with van der Waals surface area (Å²) in [5.74, 6) is 0. The minimum atomic E-state index is 0.998. The molecule has 0 fully saturated rings. The van der Waals surface area contributed by atoms with Crippen molar-refractivity contribution in [3.63, 3.8) is 0 Å². The topological polar surface area (TPSA) is 11.4 Å². The number of hydrogen-bond donors (Lipinski definition) is 0. The average molecular weight is 1040 g/mol. The van der Waals surface area contributed by atoms with Gasteiger partial charge in [-0.05, 0) is 226 Å². The van der Waals surface area contributed by atoms with Crippen LogP contribution in [0.1, 0.15) is 36.5 Å². The van der Waals surface area contributed by atoms with Crippen LogP contribution in [0.2, 0.25) is 0 Å². The van der Waals surface area contributed by atoms with Gasteiger partial charge in [-0.2, -0.15) is 0 Å². The summed E-state index contributed by atoms with van der Waals surface area (Å²) >= 11 is 0. The van der Waals surface area contributed by atoms with Gasteiger partial charge >= 0.3 is 0 Å². The van der Waals surface area contributed by atoms with E-state index in [9.17, 15) is 0 Å². The monoisotopic (exact) mass is 1040 g/mol. The molecular formula is C78H61N3. The Morgan fingerprint density at radius 3 is 1.17 bits per heavy atom. The molecule has 1 heterocycles. The van der Waals surface area contributed by atoms with Crippen molar-refractivity contribution in [2.75, 3.05) is 9.80 Å². The van der Waals surface area contributed by atoms with Crippen LogP contribution in [0.4, 0.5) is 28.4 Å². The summed E-state index contributed by atoms with van der Waals surface area (Å²) in [4.78, 5) is 4.80. The first-order valence-corrected chi connectivity index (χ1v) is 28.4. The molecule has 0 saturated heterocycles. The number of aryl methyl sites for hydroxylation is 3. The highest BCUT2D eigenvalue weighted by molar-refractivity contribution is 6.21. The maximum atomic E-state index is 2.46. The Labute approximate surface area is 475 Å². The molecule has 0 bridgehead atoms. The van der Waals surface area contributed by atoms with E-state index in [0.717, 1.165) is 46.8 Å². The van der Waals surface area contributed by atoms with Crippen molar-refractivity contribution in [2.45, 2.75) is 40.5 Å². The Morgan fingerprint density at radius 2 is 0.716 bits per heavy atom. The van der Waals surface area contributed by atoms with Crippen LogP contribution in [-0.2, 0) is 0 Å². The maximum absolute atomic E-state index is 2.46. The summed E-state index contributed by atoms with van der Waals surface area (Å²) in [6.07, 6.45) is 6.72. The number of anilines is 5. The van der Waals surface area contributed by atoms with Crippen molar-refractivity contribution >= 4 is 71.8 Å². The van der Waals surface area contributed by atoms with Crippen LogP contribution in [0.25, 0.3) is 93.5 Å². The van der Waals surface area contributed by atoms with Crippen LogP contribution >= 0.6 is 0 Å². The molecular weight excluding hydrogens is 979 g/mol. The van der Waals surface area contributed by atoms with E-state index < -0.39 is 0 Å². The standard InChI is InChI=1S/C78H61N3/c1-52-16-12-22-65(46-52)79(66-23-13-17-53(2)47-66)62-38-30-56(31-39-62)60-36-44-75-73(50-60)74-51-61(57-32-40-63(41-33-57)80(67-24-14-18-54(3)48-67)68-25-15-19-55(4)49-68)37-45-76(74)81(75)64-42-34-59(35-43-64)78-71-28-10-8-26-69(71)77(58-20-6-5-7-21-58)70-27-9-11-29-72(70)78/h5-14,16-24,26-51H,15,25H2,1-4H3. The van der Waals surface area contributed by atoms with E-state index in [1.165, 1.54) is 116 Å². The molecule has 1 aliphatic carbocycles. The number of aromatic nitrogens is 1. The van der Waals surface area contributed by atoms with E-state index >= 15 is 0 Å². The van der Waals surface area contributed by atoms with Crippen LogP contribution in [0, 0.1) is 20.8 Å². The summed E-state index contributed by atoms with van der Waals surface area (Å²) in [5, 5.41) is 7.44. The molecule has 0 amide bonds. The van der Waals surface area contributed by atoms with Crippen LogP contribution in [0.5, 0.6) is 0 Å². The molecule has 12 aromatic carbocycles. The molecule has 13 aromatic rings. The first-order chi connectivity index (χ1) is 39.8. The second kappa shape index (κ2) is 20.7. The van der Waals surface area contributed by atoms with E-state index in [0.29, 0.717) is 0 Å². The number of allylic oxidation sites excluding steroid dienone is 4. The highest BCUT2D eigenvalue weighted by Crippen LogP contribution is 2.46. The van der Waals surface area contributed by atoms with Gasteiger partial charge in [0.25, 0.3) is 0 Å². The molecule has 1 aromatic heterocycles. The Morgan fingerprint density at radius 1 is 0.309 bits per heavy atom. The predicted molar refractivity (Wildman–Crippen MR) is 346 cm³/mol. The third-order valence-electron chi connectivity index (χ3n) is 16.4. The number of nitrogens with zero attached hydrogens (tertiary/aromatic N) is 3. The average Bonchev–Trinajstić information content (AvgIpc) is 3.97. The first-order valence-electron chi connectivity index (χ1n) is 28.4. The fourth-order valence-electron chi connectivity index (χ4n) is 12.6. The third-order valence-corrected chi connectivity index (χ3v) is 16.4. The Hall–Kier alpha value is -9.96. The smallest absolute Gasteiger partial charge is 0.0541 e. The normalized spacial score (nSPS) is 12.5. The van der Waals surface area contributed by atoms with Gasteiger partial charge in [-0.3, -0.25) is 0 Å². The first kappa shape index (κ1) is 49.3. The van der Waals surface area contributed by atoms with Gasteiger partial charge in [-0.15, -0.1) is 0 Å². The molecule has 3 nitrogen and oxygen atoms in total. The summed E-state index contributed by atoms with van der Waals surface area (Å²) < 4.78 is 2.46. The molecule has 81 heavy (non-hydrogen) atoms. The number of hydrogen-bond acceptors (Lipinski definition) is 2. The van der Waals surface area contributed by atoms with Crippen molar-refractivity contribution in [1.29, 1.82) is 0 Å². The van der Waals surface area contributed by atoms with E-state index in [1.807, 2.05) is 0 Å². The highest BCUT2D eigenvalue weighted by Gasteiger charge is 2.21. The second-order valence-electron chi connectivity index (χ2n) is 22.0. The molecule has 388 valence electrons. The minimum absolute atomic E-state index is 0.998. The lowest BCUT2D eigenvalue weighted by Gasteiger charge is -2.30. The fraction of sp³-hybridized carbons (Fsp3) is 0.0769. The SMILES string of the molecule is CC1=CCCC(N(c2ccc(-c3ccc4c(c3)c3cc(-c5ccc(N(c6cccc(C)c6)c6cccc(C)c6)cc5)ccc3n4-c3ccc(-c4c5ccccc5c(-c5ccccc5)c5ccccc45)cc3)cc2)c2cccc(C)c2)=C1. The molecule has 3 heteroatoms. The van der Waals surface area contributed by atoms with Crippen LogP contribution < -0.4 is 9.80 Å².